The minimum atomic E-state index is -0.424. The van der Waals surface area contributed by atoms with E-state index in [-0.39, 0.29) is 41.6 Å². The van der Waals surface area contributed by atoms with Crippen molar-refractivity contribution in [2.75, 3.05) is 11.9 Å². The summed E-state index contributed by atoms with van der Waals surface area (Å²) in [6.45, 7) is 5.43. The van der Waals surface area contributed by atoms with Crippen molar-refractivity contribution in [1.29, 1.82) is 0 Å². The lowest BCUT2D eigenvalue weighted by Crippen LogP contribution is -2.40. The molecule has 1 heterocycles. The summed E-state index contributed by atoms with van der Waals surface area (Å²) >= 11 is 0. The highest BCUT2D eigenvalue weighted by atomic mass is 16.2. The van der Waals surface area contributed by atoms with Crippen LogP contribution in [0.3, 0.4) is 0 Å². The lowest BCUT2D eigenvalue weighted by Gasteiger charge is -2.20. The zero-order valence-electron chi connectivity index (χ0n) is 16.6. The van der Waals surface area contributed by atoms with Gasteiger partial charge in [-0.3, -0.25) is 24.1 Å². The first-order valence-corrected chi connectivity index (χ1v) is 9.73. The van der Waals surface area contributed by atoms with Crippen LogP contribution in [-0.2, 0) is 14.4 Å². The highest BCUT2D eigenvalue weighted by Crippen LogP contribution is 2.37. The van der Waals surface area contributed by atoms with E-state index in [2.05, 4.69) is 10.6 Å². The molecule has 2 aliphatic rings. The van der Waals surface area contributed by atoms with Crippen molar-refractivity contribution in [3.05, 3.63) is 29.8 Å². The third-order valence-corrected chi connectivity index (χ3v) is 5.15. The molecule has 28 heavy (non-hydrogen) atoms. The molecule has 1 aliphatic heterocycles. The Morgan fingerprint density at radius 2 is 1.54 bits per heavy atom. The second kappa shape index (κ2) is 7.73. The van der Waals surface area contributed by atoms with Gasteiger partial charge < -0.3 is 10.6 Å². The van der Waals surface area contributed by atoms with Crippen molar-refractivity contribution in [3.8, 4) is 0 Å². The number of amides is 4. The Labute approximate surface area is 164 Å². The van der Waals surface area contributed by atoms with Crippen LogP contribution in [-0.4, -0.2) is 40.6 Å². The minimum absolute atomic E-state index is 0.193. The Bertz CT molecular complexity index is 771. The topological polar surface area (TPSA) is 95.6 Å². The highest BCUT2D eigenvalue weighted by Gasteiger charge is 2.48. The van der Waals surface area contributed by atoms with Crippen molar-refractivity contribution in [3.63, 3.8) is 0 Å². The number of nitrogens with one attached hydrogen (secondary N) is 2. The van der Waals surface area contributed by atoms with Crippen LogP contribution in [0.4, 0.5) is 5.69 Å². The van der Waals surface area contributed by atoms with Gasteiger partial charge in [0.1, 0.15) is 6.54 Å². The van der Waals surface area contributed by atoms with Gasteiger partial charge >= 0.3 is 0 Å². The van der Waals surface area contributed by atoms with Gasteiger partial charge in [-0.25, -0.2) is 0 Å². The molecule has 4 amide bonds. The maximum absolute atomic E-state index is 12.5. The fourth-order valence-corrected chi connectivity index (χ4v) is 3.85. The molecular formula is C21H27N3O4. The number of carbonyl (C=O) groups is 4. The molecule has 0 spiro atoms. The number of imide groups is 1. The zero-order chi connectivity index (χ0) is 20.5. The highest BCUT2D eigenvalue weighted by molar-refractivity contribution is 6.08. The minimum Gasteiger partial charge on any atom is -0.347 e. The largest absolute Gasteiger partial charge is 0.347 e. The number of anilines is 1. The lowest BCUT2D eigenvalue weighted by molar-refractivity contribution is -0.142. The second-order valence-corrected chi connectivity index (χ2v) is 8.59. The molecule has 1 saturated heterocycles. The van der Waals surface area contributed by atoms with Crippen LogP contribution in [0.5, 0.6) is 0 Å². The molecule has 150 valence electrons. The quantitative estimate of drug-likeness (QED) is 0.778. The van der Waals surface area contributed by atoms with Crippen LogP contribution in [0.2, 0.25) is 0 Å². The summed E-state index contributed by atoms with van der Waals surface area (Å²) in [5.74, 6) is -1.57. The average Bonchev–Trinajstić information content (AvgIpc) is 2.86. The van der Waals surface area contributed by atoms with E-state index >= 15 is 0 Å². The molecule has 1 aromatic carbocycles. The molecule has 2 unspecified atom stereocenters. The Kier molecular flexibility index (Phi) is 5.54. The van der Waals surface area contributed by atoms with Gasteiger partial charge in [-0.15, -0.1) is 0 Å². The lowest BCUT2D eigenvalue weighted by atomic mass is 9.81. The summed E-state index contributed by atoms with van der Waals surface area (Å²) in [5, 5.41) is 5.56. The van der Waals surface area contributed by atoms with E-state index in [4.69, 9.17) is 0 Å². The molecule has 2 fully saturated rings. The molecule has 0 radical (unpaired) electrons. The summed E-state index contributed by atoms with van der Waals surface area (Å²) in [4.78, 5) is 50.5. The van der Waals surface area contributed by atoms with Crippen LogP contribution >= 0.6 is 0 Å². The van der Waals surface area contributed by atoms with Crippen LogP contribution < -0.4 is 10.6 Å². The van der Waals surface area contributed by atoms with E-state index in [1.54, 1.807) is 24.3 Å². The Hall–Kier alpha value is -2.70. The number of hydrogen-bond acceptors (Lipinski definition) is 4. The van der Waals surface area contributed by atoms with Gasteiger partial charge in [-0.2, -0.15) is 0 Å². The summed E-state index contributed by atoms with van der Waals surface area (Å²) in [7, 11) is 0. The summed E-state index contributed by atoms with van der Waals surface area (Å²) in [5.41, 5.74) is 0.659. The first kappa shape index (κ1) is 20.0. The fraction of sp³-hybridized carbons (Fsp3) is 0.524. The van der Waals surface area contributed by atoms with Crippen molar-refractivity contribution in [1.82, 2.24) is 10.2 Å². The normalized spacial score (nSPS) is 22.0. The van der Waals surface area contributed by atoms with Crippen LogP contribution in [0.15, 0.2) is 24.3 Å². The number of fused-ring (bicyclic) bond motifs is 1. The van der Waals surface area contributed by atoms with E-state index in [9.17, 15) is 19.2 Å². The van der Waals surface area contributed by atoms with E-state index in [0.29, 0.717) is 11.3 Å². The predicted octanol–water partition coefficient (Wildman–Crippen LogP) is 2.33. The molecule has 7 nitrogen and oxygen atoms in total. The zero-order valence-corrected chi connectivity index (χ0v) is 16.6. The number of likely N-dealkylation sites (tertiary alicyclic amines) is 1. The maximum Gasteiger partial charge on any atom is 0.251 e. The molecule has 7 heteroatoms. The predicted molar refractivity (Wildman–Crippen MR) is 104 cm³/mol. The van der Waals surface area contributed by atoms with E-state index in [0.717, 1.165) is 30.6 Å². The number of nitrogens with zero attached hydrogens (tertiary/aromatic N) is 1. The van der Waals surface area contributed by atoms with Gasteiger partial charge in [0.05, 0.1) is 11.8 Å². The van der Waals surface area contributed by atoms with E-state index in [1.165, 1.54) is 0 Å². The van der Waals surface area contributed by atoms with Crippen molar-refractivity contribution in [2.24, 2.45) is 11.8 Å². The standard InChI is InChI=1S/C21H27N3O4/c1-21(2,3)23-18(26)13-8-10-14(11-9-13)22-17(25)12-24-19(27)15-6-4-5-7-16(15)20(24)28/h8-11,15-16H,4-7,12H2,1-3H3,(H,22,25)(H,23,26). The van der Waals surface area contributed by atoms with Crippen molar-refractivity contribution < 1.29 is 19.2 Å². The Morgan fingerprint density at radius 3 is 2.04 bits per heavy atom. The van der Waals surface area contributed by atoms with Gasteiger partial charge in [-0.1, -0.05) is 12.8 Å². The molecular weight excluding hydrogens is 358 g/mol. The number of benzene rings is 1. The first-order chi connectivity index (χ1) is 13.2. The molecule has 1 aliphatic carbocycles. The van der Waals surface area contributed by atoms with Crippen LogP contribution in [0, 0.1) is 11.8 Å². The van der Waals surface area contributed by atoms with Gasteiger partial charge in [0.25, 0.3) is 5.91 Å². The van der Waals surface area contributed by atoms with Crippen molar-refractivity contribution >= 4 is 29.3 Å². The fourth-order valence-electron chi connectivity index (χ4n) is 3.85. The van der Waals surface area contributed by atoms with E-state index in [1.807, 2.05) is 20.8 Å². The molecule has 0 bridgehead atoms. The molecule has 3 rings (SSSR count). The van der Waals surface area contributed by atoms with Gasteiger partial charge in [0, 0.05) is 16.8 Å². The summed E-state index contributed by atoms with van der Waals surface area (Å²) in [6, 6.07) is 6.50. The summed E-state index contributed by atoms with van der Waals surface area (Å²) in [6.07, 6.45) is 3.36. The third kappa shape index (κ3) is 4.40. The van der Waals surface area contributed by atoms with Gasteiger partial charge in [-0.05, 0) is 57.9 Å². The molecule has 0 aromatic heterocycles. The van der Waals surface area contributed by atoms with Gasteiger partial charge in [0.15, 0.2) is 0 Å². The first-order valence-electron chi connectivity index (χ1n) is 9.73. The maximum atomic E-state index is 12.5. The number of rotatable bonds is 4. The summed E-state index contributed by atoms with van der Waals surface area (Å²) < 4.78 is 0. The number of carbonyl (C=O) groups excluding carboxylic acids is 4. The SMILES string of the molecule is CC(C)(C)NC(=O)c1ccc(NC(=O)CN2C(=O)C3CCCCC3C2=O)cc1. The van der Waals surface area contributed by atoms with Crippen LogP contribution in [0.1, 0.15) is 56.8 Å². The number of hydrogen-bond donors (Lipinski definition) is 2. The smallest absolute Gasteiger partial charge is 0.251 e. The third-order valence-electron chi connectivity index (χ3n) is 5.15. The monoisotopic (exact) mass is 385 g/mol. The van der Waals surface area contributed by atoms with Crippen molar-refractivity contribution in [2.45, 2.75) is 52.0 Å². The Balaban J connectivity index is 1.58. The second-order valence-electron chi connectivity index (χ2n) is 8.59. The Morgan fingerprint density at radius 1 is 1.00 bits per heavy atom. The molecule has 2 N–H and O–H groups in total. The molecule has 2 atom stereocenters. The molecule has 1 aromatic rings. The average molecular weight is 385 g/mol. The van der Waals surface area contributed by atoms with Gasteiger partial charge in [0.2, 0.25) is 17.7 Å². The van der Waals surface area contributed by atoms with E-state index < -0.39 is 5.91 Å². The molecule has 1 saturated carbocycles. The van der Waals surface area contributed by atoms with Crippen LogP contribution in [0.25, 0.3) is 0 Å².